The van der Waals surface area contributed by atoms with Gasteiger partial charge in [0.2, 0.25) is 0 Å². The maximum atomic E-state index is 12.7. The Hall–Kier alpha value is -0.223. The van der Waals surface area contributed by atoms with Gasteiger partial charge in [-0.25, -0.2) is 0 Å². The second-order valence-electron chi connectivity index (χ2n) is 3.55. The van der Waals surface area contributed by atoms with E-state index in [4.69, 9.17) is 5.11 Å². The Morgan fingerprint density at radius 1 is 1.07 bits per heavy atom. The first-order valence-electron chi connectivity index (χ1n) is 5.23. The fourth-order valence-electron chi connectivity index (χ4n) is 2.06. The van der Waals surface area contributed by atoms with Crippen LogP contribution in [0.15, 0.2) is 11.3 Å². The van der Waals surface area contributed by atoms with Gasteiger partial charge in [0.1, 0.15) is 0 Å². The van der Waals surface area contributed by atoms with Gasteiger partial charge in [0, 0.05) is 6.61 Å². The number of aliphatic hydroxyl groups excluding tert-OH is 1. The molecule has 0 aliphatic carbocycles. The second-order valence-corrected chi connectivity index (χ2v) is 8.84. The van der Waals surface area contributed by atoms with Crippen molar-refractivity contribution in [1.29, 1.82) is 0 Å². The molecule has 0 atom stereocenters. The van der Waals surface area contributed by atoms with E-state index in [-0.39, 0.29) is 18.2 Å². The lowest BCUT2D eigenvalue weighted by atomic mass is 10.4. The van der Waals surface area contributed by atoms with Crippen molar-refractivity contribution in [3.05, 3.63) is 11.3 Å². The third-order valence-corrected chi connectivity index (χ3v) is 9.04. The Morgan fingerprint density at radius 2 is 1.50 bits per heavy atom. The van der Waals surface area contributed by atoms with Gasteiger partial charge >= 0.3 is 0 Å². The number of rotatable bonds is 6. The lowest BCUT2D eigenvalue weighted by molar-refractivity contribution is 0.296. The van der Waals surface area contributed by atoms with Gasteiger partial charge < -0.3 is 5.11 Å². The molecule has 0 saturated carbocycles. The summed E-state index contributed by atoms with van der Waals surface area (Å²) in [6, 6.07) is 2.52. The topological polar surface area (TPSA) is 20.2 Å². The van der Waals surface area contributed by atoms with Crippen LogP contribution in [-0.2, 0) is 0 Å². The minimum absolute atomic E-state index is 0.157. The predicted molar refractivity (Wildman–Crippen MR) is 58.1 cm³/mol. The van der Waals surface area contributed by atoms with Crippen LogP contribution in [-0.4, -0.2) is 19.8 Å². The molecule has 0 radical (unpaired) electrons. The maximum Gasteiger partial charge on any atom is 0.265 e. The summed E-state index contributed by atoms with van der Waals surface area (Å²) in [4.78, 5) is 0. The van der Waals surface area contributed by atoms with E-state index in [1.165, 1.54) is 0 Å². The van der Waals surface area contributed by atoms with Crippen molar-refractivity contribution in [2.45, 2.75) is 45.3 Å². The molecule has 84 valence electrons. The van der Waals surface area contributed by atoms with Crippen molar-refractivity contribution >= 4 is 8.07 Å². The first-order chi connectivity index (χ1) is 6.57. The summed E-state index contributed by atoms with van der Waals surface area (Å²) in [6.07, 6.45) is -1.39. The van der Waals surface area contributed by atoms with E-state index >= 15 is 0 Å². The molecule has 0 heterocycles. The Morgan fingerprint density at radius 3 is 1.71 bits per heavy atom. The average Bonchev–Trinajstić information content (AvgIpc) is 2.19. The van der Waals surface area contributed by atoms with E-state index in [1.807, 2.05) is 20.8 Å². The number of hydrogen-bond donors (Lipinski definition) is 1. The molecule has 0 saturated heterocycles. The molecule has 0 rings (SSSR count). The summed E-state index contributed by atoms with van der Waals surface area (Å²) < 4.78 is 25.5. The lowest BCUT2D eigenvalue weighted by Crippen LogP contribution is -2.35. The Bertz CT molecular complexity index is 188. The van der Waals surface area contributed by atoms with Crippen molar-refractivity contribution in [2.75, 3.05) is 6.61 Å². The number of aliphatic hydroxyl groups is 1. The summed E-state index contributed by atoms with van der Waals surface area (Å²) in [5, 5.41) is 9.07. The van der Waals surface area contributed by atoms with Gasteiger partial charge in [-0.1, -0.05) is 38.9 Å². The van der Waals surface area contributed by atoms with Crippen LogP contribution in [0.3, 0.4) is 0 Å². The Labute approximate surface area is 85.8 Å². The molecule has 0 bridgehead atoms. The average molecular weight is 222 g/mol. The molecule has 0 unspecified atom stereocenters. The highest BCUT2D eigenvalue weighted by Gasteiger charge is 2.34. The molecule has 0 aromatic carbocycles. The van der Waals surface area contributed by atoms with Gasteiger partial charge in [-0.15, -0.1) is 0 Å². The third-order valence-electron chi connectivity index (χ3n) is 3.26. The van der Waals surface area contributed by atoms with Gasteiger partial charge in [0.15, 0.2) is 0 Å². The molecule has 14 heavy (non-hydrogen) atoms. The highest BCUT2D eigenvalue weighted by molar-refractivity contribution is 6.86. The van der Waals surface area contributed by atoms with Gasteiger partial charge in [0.05, 0.1) is 8.07 Å². The second kappa shape index (κ2) is 6.30. The largest absolute Gasteiger partial charge is 0.396 e. The molecular formula is C10H20F2OSi. The van der Waals surface area contributed by atoms with Crippen LogP contribution in [0, 0.1) is 0 Å². The summed E-state index contributed by atoms with van der Waals surface area (Å²) in [5.41, 5.74) is 0. The summed E-state index contributed by atoms with van der Waals surface area (Å²) in [5.74, 6) is 0. The van der Waals surface area contributed by atoms with Gasteiger partial charge in [0.25, 0.3) is 6.08 Å². The molecule has 4 heteroatoms. The molecule has 1 nitrogen and oxygen atoms in total. The highest BCUT2D eigenvalue weighted by Crippen LogP contribution is 2.33. The van der Waals surface area contributed by atoms with E-state index < -0.39 is 14.2 Å². The zero-order valence-electron chi connectivity index (χ0n) is 9.24. The first-order valence-corrected chi connectivity index (χ1v) is 7.85. The van der Waals surface area contributed by atoms with Crippen LogP contribution < -0.4 is 0 Å². The van der Waals surface area contributed by atoms with Crippen LogP contribution >= 0.6 is 0 Å². The van der Waals surface area contributed by atoms with Crippen molar-refractivity contribution < 1.29 is 13.9 Å². The van der Waals surface area contributed by atoms with Crippen LogP contribution in [0.25, 0.3) is 0 Å². The molecule has 0 aliphatic rings. The number of hydrogen-bond acceptors (Lipinski definition) is 1. The quantitative estimate of drug-likeness (QED) is 0.681. The molecule has 0 spiro atoms. The van der Waals surface area contributed by atoms with Crippen LogP contribution in [0.5, 0.6) is 0 Å². The minimum atomic E-state index is -1.96. The fourth-order valence-corrected chi connectivity index (χ4v) is 5.89. The van der Waals surface area contributed by atoms with E-state index in [0.717, 1.165) is 18.1 Å². The highest BCUT2D eigenvalue weighted by atomic mass is 28.3. The van der Waals surface area contributed by atoms with Gasteiger partial charge in [-0.2, -0.15) is 8.78 Å². The molecule has 1 N–H and O–H groups in total. The van der Waals surface area contributed by atoms with Crippen molar-refractivity contribution in [2.24, 2.45) is 0 Å². The molecular weight excluding hydrogens is 202 g/mol. The zero-order valence-corrected chi connectivity index (χ0v) is 10.2. The molecule has 0 fully saturated rings. The summed E-state index contributed by atoms with van der Waals surface area (Å²) in [7, 11) is -1.96. The minimum Gasteiger partial charge on any atom is -0.396 e. The monoisotopic (exact) mass is 222 g/mol. The third kappa shape index (κ3) is 2.88. The molecule has 0 aliphatic heterocycles. The molecule has 0 aromatic rings. The summed E-state index contributed by atoms with van der Waals surface area (Å²) in [6.45, 7) is 5.79. The van der Waals surface area contributed by atoms with Gasteiger partial charge in [-0.3, -0.25) is 0 Å². The number of halogens is 2. The Kier molecular flexibility index (Phi) is 6.20. The van der Waals surface area contributed by atoms with Gasteiger partial charge in [-0.05, 0) is 11.6 Å². The first kappa shape index (κ1) is 13.8. The molecule has 0 aromatic heterocycles. The SMILES string of the molecule is CC[Si](CC)(CC)C(CCO)=C(F)F. The Balaban J connectivity index is 5.02. The fraction of sp³-hybridized carbons (Fsp3) is 0.800. The van der Waals surface area contributed by atoms with Crippen LogP contribution in [0.1, 0.15) is 27.2 Å². The smallest absolute Gasteiger partial charge is 0.265 e. The van der Waals surface area contributed by atoms with Crippen molar-refractivity contribution in [3.8, 4) is 0 Å². The van der Waals surface area contributed by atoms with Crippen LogP contribution in [0.4, 0.5) is 8.78 Å². The molecule has 0 amide bonds. The van der Waals surface area contributed by atoms with Crippen molar-refractivity contribution in [3.63, 3.8) is 0 Å². The van der Waals surface area contributed by atoms with E-state index in [2.05, 4.69) is 0 Å². The van der Waals surface area contributed by atoms with Crippen molar-refractivity contribution in [1.82, 2.24) is 0 Å². The maximum absolute atomic E-state index is 12.7. The predicted octanol–water partition coefficient (Wildman–Crippen LogP) is 3.57. The lowest BCUT2D eigenvalue weighted by Gasteiger charge is -2.30. The van der Waals surface area contributed by atoms with Crippen LogP contribution in [0.2, 0.25) is 18.1 Å². The standard InChI is InChI=1S/C10H20F2OSi/c1-4-14(5-2,6-3)9(7-8-13)10(11)12/h13H,4-8H2,1-3H3. The van der Waals surface area contributed by atoms with E-state index in [9.17, 15) is 8.78 Å². The zero-order chi connectivity index (χ0) is 11.2. The summed E-state index contributed by atoms with van der Waals surface area (Å²) >= 11 is 0. The van der Waals surface area contributed by atoms with E-state index in [0.29, 0.717) is 0 Å². The normalized spacial score (nSPS) is 11.6. The van der Waals surface area contributed by atoms with E-state index in [1.54, 1.807) is 0 Å².